The van der Waals surface area contributed by atoms with Crippen molar-refractivity contribution < 1.29 is 0 Å². The van der Waals surface area contributed by atoms with Gasteiger partial charge >= 0.3 is 0 Å². The van der Waals surface area contributed by atoms with Crippen LogP contribution in [0.5, 0.6) is 0 Å². The first-order valence-electron chi connectivity index (χ1n) is 7.13. The molecule has 0 saturated heterocycles. The van der Waals surface area contributed by atoms with Crippen LogP contribution in [0, 0.1) is 11.8 Å². The molecule has 1 rings (SSSR count). The van der Waals surface area contributed by atoms with E-state index in [0.717, 1.165) is 25.3 Å². The van der Waals surface area contributed by atoms with Crippen molar-refractivity contribution in [1.82, 2.24) is 20.1 Å². The van der Waals surface area contributed by atoms with Crippen LogP contribution in [0.4, 0.5) is 0 Å². The fraction of sp³-hybridized carbons (Fsp3) is 0.857. The van der Waals surface area contributed by atoms with E-state index in [0.29, 0.717) is 17.9 Å². The van der Waals surface area contributed by atoms with Crippen molar-refractivity contribution in [2.24, 2.45) is 11.8 Å². The molecule has 1 heterocycles. The summed E-state index contributed by atoms with van der Waals surface area (Å²) in [7, 11) is 0. The van der Waals surface area contributed by atoms with Gasteiger partial charge in [-0.25, -0.2) is 9.67 Å². The summed E-state index contributed by atoms with van der Waals surface area (Å²) in [6, 6.07) is 0.549. The minimum Gasteiger partial charge on any atom is -0.314 e. The first-order chi connectivity index (χ1) is 8.52. The number of nitrogens with one attached hydrogen (secondary N) is 1. The van der Waals surface area contributed by atoms with Gasteiger partial charge in [0.2, 0.25) is 0 Å². The Bertz CT molecular complexity index is 330. The average molecular weight is 252 g/mol. The molecule has 0 bridgehead atoms. The summed E-state index contributed by atoms with van der Waals surface area (Å²) in [6.07, 6.45) is 3.87. The molecule has 0 aliphatic heterocycles. The van der Waals surface area contributed by atoms with Crippen LogP contribution in [0.1, 0.15) is 46.9 Å². The van der Waals surface area contributed by atoms with Gasteiger partial charge in [-0.15, -0.1) is 0 Å². The highest BCUT2D eigenvalue weighted by molar-refractivity contribution is 4.88. The van der Waals surface area contributed by atoms with E-state index in [4.69, 9.17) is 0 Å². The van der Waals surface area contributed by atoms with E-state index in [-0.39, 0.29) is 0 Å². The van der Waals surface area contributed by atoms with Crippen LogP contribution in [0.2, 0.25) is 0 Å². The SMILES string of the molecule is CCC(CNC(C)C)Cc1ncnn1CC(C)C. The summed E-state index contributed by atoms with van der Waals surface area (Å²) in [6.45, 7) is 13.1. The maximum absolute atomic E-state index is 4.41. The Kier molecular flexibility index (Phi) is 6.33. The monoisotopic (exact) mass is 252 g/mol. The predicted octanol–water partition coefficient (Wildman–Crippen LogP) is 2.50. The molecule has 0 radical (unpaired) electrons. The van der Waals surface area contributed by atoms with Crippen molar-refractivity contribution in [2.75, 3.05) is 6.54 Å². The highest BCUT2D eigenvalue weighted by Crippen LogP contribution is 2.11. The summed E-state index contributed by atoms with van der Waals surface area (Å²) in [5, 5.41) is 7.84. The summed E-state index contributed by atoms with van der Waals surface area (Å²) < 4.78 is 2.06. The Hall–Kier alpha value is -0.900. The number of aromatic nitrogens is 3. The Morgan fingerprint density at radius 3 is 2.56 bits per heavy atom. The first kappa shape index (κ1) is 15.2. The van der Waals surface area contributed by atoms with Crippen molar-refractivity contribution >= 4 is 0 Å². The third-order valence-electron chi connectivity index (χ3n) is 3.10. The van der Waals surface area contributed by atoms with Gasteiger partial charge in [-0.05, 0) is 18.4 Å². The fourth-order valence-corrected chi connectivity index (χ4v) is 1.97. The molecule has 1 N–H and O–H groups in total. The van der Waals surface area contributed by atoms with Crippen LogP contribution in [-0.2, 0) is 13.0 Å². The molecule has 1 aromatic heterocycles. The molecule has 104 valence electrons. The molecule has 18 heavy (non-hydrogen) atoms. The van der Waals surface area contributed by atoms with Crippen LogP contribution in [0.15, 0.2) is 6.33 Å². The average Bonchev–Trinajstić information content (AvgIpc) is 2.70. The van der Waals surface area contributed by atoms with Crippen LogP contribution in [0.3, 0.4) is 0 Å². The highest BCUT2D eigenvalue weighted by atomic mass is 15.3. The minimum atomic E-state index is 0.549. The van der Waals surface area contributed by atoms with Crippen LogP contribution in [-0.4, -0.2) is 27.4 Å². The highest BCUT2D eigenvalue weighted by Gasteiger charge is 2.13. The van der Waals surface area contributed by atoms with Gasteiger partial charge in [-0.2, -0.15) is 5.10 Å². The van der Waals surface area contributed by atoms with Gasteiger partial charge in [0.1, 0.15) is 12.2 Å². The molecule has 1 aromatic rings. The lowest BCUT2D eigenvalue weighted by Gasteiger charge is -2.18. The molecule has 0 fully saturated rings. The van der Waals surface area contributed by atoms with Gasteiger partial charge in [0.25, 0.3) is 0 Å². The third-order valence-corrected chi connectivity index (χ3v) is 3.10. The minimum absolute atomic E-state index is 0.549. The fourth-order valence-electron chi connectivity index (χ4n) is 1.97. The molecule has 0 aliphatic carbocycles. The molecule has 0 aromatic carbocycles. The second-order valence-electron chi connectivity index (χ2n) is 5.79. The standard InChI is InChI=1S/C14H28N4/c1-6-13(8-15-12(4)5)7-14-16-10-17-18(14)9-11(2)3/h10-13,15H,6-9H2,1-5H3. The molecule has 0 spiro atoms. The molecule has 0 saturated carbocycles. The van der Waals surface area contributed by atoms with Crippen LogP contribution in [0.25, 0.3) is 0 Å². The van der Waals surface area contributed by atoms with Gasteiger partial charge in [0.15, 0.2) is 0 Å². The zero-order chi connectivity index (χ0) is 13.5. The Morgan fingerprint density at radius 1 is 1.28 bits per heavy atom. The number of rotatable bonds is 8. The number of hydrogen-bond acceptors (Lipinski definition) is 3. The second kappa shape index (κ2) is 7.52. The maximum Gasteiger partial charge on any atom is 0.138 e. The van der Waals surface area contributed by atoms with Gasteiger partial charge in [-0.1, -0.05) is 41.0 Å². The van der Waals surface area contributed by atoms with Crippen molar-refractivity contribution in [2.45, 2.75) is 60.0 Å². The Morgan fingerprint density at radius 2 is 2.00 bits per heavy atom. The second-order valence-corrected chi connectivity index (χ2v) is 5.79. The zero-order valence-corrected chi connectivity index (χ0v) is 12.5. The molecule has 1 atom stereocenters. The van der Waals surface area contributed by atoms with E-state index in [1.165, 1.54) is 6.42 Å². The van der Waals surface area contributed by atoms with E-state index >= 15 is 0 Å². The molecule has 0 aliphatic rings. The molecule has 4 heteroatoms. The van der Waals surface area contributed by atoms with Gasteiger partial charge in [0, 0.05) is 19.0 Å². The Labute approximate surface area is 111 Å². The quantitative estimate of drug-likeness (QED) is 0.773. The summed E-state index contributed by atoms with van der Waals surface area (Å²) in [5.41, 5.74) is 0. The van der Waals surface area contributed by atoms with Gasteiger partial charge in [0.05, 0.1) is 0 Å². The van der Waals surface area contributed by atoms with Crippen LogP contribution >= 0.6 is 0 Å². The van der Waals surface area contributed by atoms with Crippen molar-refractivity contribution in [3.63, 3.8) is 0 Å². The normalized spacial score (nSPS) is 13.5. The largest absolute Gasteiger partial charge is 0.314 e. The number of nitrogens with zero attached hydrogens (tertiary/aromatic N) is 3. The Balaban J connectivity index is 2.55. The molecular formula is C14H28N4. The summed E-state index contributed by atoms with van der Waals surface area (Å²) >= 11 is 0. The van der Waals surface area contributed by atoms with Gasteiger partial charge in [-0.3, -0.25) is 0 Å². The summed E-state index contributed by atoms with van der Waals surface area (Å²) in [4.78, 5) is 4.41. The van der Waals surface area contributed by atoms with E-state index in [1.54, 1.807) is 6.33 Å². The van der Waals surface area contributed by atoms with Crippen LogP contribution < -0.4 is 5.32 Å². The molecule has 4 nitrogen and oxygen atoms in total. The van der Waals surface area contributed by atoms with E-state index < -0.39 is 0 Å². The lowest BCUT2D eigenvalue weighted by Crippen LogP contribution is -2.30. The van der Waals surface area contributed by atoms with Crippen molar-refractivity contribution in [1.29, 1.82) is 0 Å². The molecule has 0 amide bonds. The lowest BCUT2D eigenvalue weighted by atomic mass is 10.0. The van der Waals surface area contributed by atoms with E-state index in [9.17, 15) is 0 Å². The smallest absolute Gasteiger partial charge is 0.138 e. The van der Waals surface area contributed by atoms with Crippen molar-refractivity contribution in [3.8, 4) is 0 Å². The topological polar surface area (TPSA) is 42.7 Å². The zero-order valence-electron chi connectivity index (χ0n) is 12.5. The lowest BCUT2D eigenvalue weighted by molar-refractivity contribution is 0.404. The third kappa shape index (κ3) is 5.17. The van der Waals surface area contributed by atoms with E-state index in [2.05, 4.69) is 54.7 Å². The molecule has 1 unspecified atom stereocenters. The maximum atomic E-state index is 4.41. The van der Waals surface area contributed by atoms with Gasteiger partial charge < -0.3 is 5.32 Å². The van der Waals surface area contributed by atoms with E-state index in [1.807, 2.05) is 0 Å². The predicted molar refractivity (Wildman–Crippen MR) is 75.5 cm³/mol. The summed E-state index contributed by atoms with van der Waals surface area (Å²) in [5.74, 6) is 2.38. The first-order valence-corrected chi connectivity index (χ1v) is 7.13. The number of hydrogen-bond donors (Lipinski definition) is 1. The molecular weight excluding hydrogens is 224 g/mol. The van der Waals surface area contributed by atoms with Crippen molar-refractivity contribution in [3.05, 3.63) is 12.2 Å².